The molecule has 0 unspecified atom stereocenters. The molecule has 0 N–H and O–H groups in total. The van der Waals surface area contributed by atoms with Crippen LogP contribution in [0.1, 0.15) is 6.92 Å². The molecule has 0 atom stereocenters. The Hall–Kier alpha value is 0.0500. The molecule has 0 aromatic carbocycles. The summed E-state index contributed by atoms with van der Waals surface area (Å²) in [5.41, 5.74) is 0. The summed E-state index contributed by atoms with van der Waals surface area (Å²) in [4.78, 5) is 0. The van der Waals surface area contributed by atoms with E-state index in [2.05, 4.69) is 15.9 Å². The molecule has 4 nitrogen and oxygen atoms in total. The van der Waals surface area contributed by atoms with Gasteiger partial charge in [-0.1, -0.05) is 0 Å². The van der Waals surface area contributed by atoms with Gasteiger partial charge in [0.25, 0.3) is 10.0 Å². The third kappa shape index (κ3) is 3.27. The minimum absolute atomic E-state index is 0.339. The van der Waals surface area contributed by atoms with Crippen molar-refractivity contribution in [2.45, 2.75) is 11.1 Å². The third-order valence-electron chi connectivity index (χ3n) is 1.98. The number of likely N-dealkylation sites (N-methyl/N-ethyl adjacent to an activating group) is 1. The first-order valence-electron chi connectivity index (χ1n) is 4.77. The number of rotatable bonds is 6. The first-order valence-corrected chi connectivity index (χ1v) is 7.88. The first-order chi connectivity index (χ1) is 7.50. The standard InChI is InChI=1S/C9H14BrNO3S2/c1-3-14-6-5-11(2)16(12,13)9-8(10)4-7-15-9/h4,7H,3,5-6H2,1-2H3. The Balaban J connectivity index is 2.75. The van der Waals surface area contributed by atoms with Crippen molar-refractivity contribution in [1.29, 1.82) is 0 Å². The molecule has 1 aromatic heterocycles. The van der Waals surface area contributed by atoms with E-state index in [0.717, 1.165) is 0 Å². The second-order valence-electron chi connectivity index (χ2n) is 3.08. The number of sulfonamides is 1. The van der Waals surface area contributed by atoms with Gasteiger partial charge < -0.3 is 4.74 Å². The summed E-state index contributed by atoms with van der Waals surface area (Å²) in [6, 6.07) is 1.73. The second-order valence-corrected chi connectivity index (χ2v) is 7.09. The molecule has 1 rings (SSSR count). The van der Waals surface area contributed by atoms with Crippen molar-refractivity contribution in [3.8, 4) is 0 Å². The van der Waals surface area contributed by atoms with Crippen molar-refractivity contribution < 1.29 is 13.2 Å². The van der Waals surface area contributed by atoms with Crippen LogP contribution in [0.2, 0.25) is 0 Å². The van der Waals surface area contributed by atoms with Crippen molar-refractivity contribution >= 4 is 37.3 Å². The van der Waals surface area contributed by atoms with Crippen LogP contribution in [0.15, 0.2) is 20.1 Å². The van der Waals surface area contributed by atoms with Crippen molar-refractivity contribution in [2.75, 3.05) is 26.8 Å². The Morgan fingerprint density at radius 3 is 2.75 bits per heavy atom. The van der Waals surface area contributed by atoms with Crippen LogP contribution < -0.4 is 0 Å². The molecule has 92 valence electrons. The van der Waals surface area contributed by atoms with Gasteiger partial charge >= 0.3 is 0 Å². The zero-order chi connectivity index (χ0) is 12.2. The normalized spacial score (nSPS) is 12.2. The largest absolute Gasteiger partial charge is 0.380 e. The fraction of sp³-hybridized carbons (Fsp3) is 0.556. The lowest BCUT2D eigenvalue weighted by molar-refractivity contribution is 0.138. The minimum atomic E-state index is -3.38. The number of hydrogen-bond donors (Lipinski definition) is 0. The molecular weight excluding hydrogens is 314 g/mol. The van der Waals surface area contributed by atoms with Gasteiger partial charge in [0.1, 0.15) is 4.21 Å². The highest BCUT2D eigenvalue weighted by Gasteiger charge is 2.24. The van der Waals surface area contributed by atoms with Crippen LogP contribution in [0.4, 0.5) is 0 Å². The van der Waals surface area contributed by atoms with Gasteiger partial charge in [0, 0.05) is 24.7 Å². The maximum atomic E-state index is 12.1. The lowest BCUT2D eigenvalue weighted by Gasteiger charge is -2.16. The highest BCUT2D eigenvalue weighted by molar-refractivity contribution is 9.10. The smallest absolute Gasteiger partial charge is 0.253 e. The zero-order valence-corrected chi connectivity index (χ0v) is 12.4. The van der Waals surface area contributed by atoms with Crippen LogP contribution in [-0.4, -0.2) is 39.5 Å². The molecular formula is C9H14BrNO3S2. The van der Waals surface area contributed by atoms with E-state index in [1.807, 2.05) is 6.92 Å². The summed E-state index contributed by atoms with van der Waals surface area (Å²) in [6.07, 6.45) is 0. The van der Waals surface area contributed by atoms with E-state index in [1.165, 1.54) is 15.6 Å². The monoisotopic (exact) mass is 327 g/mol. The van der Waals surface area contributed by atoms with E-state index in [-0.39, 0.29) is 0 Å². The highest BCUT2D eigenvalue weighted by Crippen LogP contribution is 2.29. The molecule has 0 aliphatic heterocycles. The molecule has 0 aliphatic rings. The first kappa shape index (κ1) is 14.1. The average molecular weight is 328 g/mol. The predicted octanol–water partition coefficient (Wildman–Crippen LogP) is 2.17. The molecule has 0 bridgehead atoms. The fourth-order valence-electron chi connectivity index (χ4n) is 1.06. The summed E-state index contributed by atoms with van der Waals surface area (Å²) < 4.78 is 31.5. The molecule has 1 aromatic rings. The van der Waals surface area contributed by atoms with Gasteiger partial charge in [-0.2, -0.15) is 4.31 Å². The van der Waals surface area contributed by atoms with Crippen LogP contribution >= 0.6 is 27.3 Å². The van der Waals surface area contributed by atoms with Crippen molar-refractivity contribution in [1.82, 2.24) is 4.31 Å². The lowest BCUT2D eigenvalue weighted by Crippen LogP contribution is -2.30. The Bertz CT molecular complexity index is 430. The van der Waals surface area contributed by atoms with Crippen molar-refractivity contribution in [3.05, 3.63) is 15.9 Å². The van der Waals surface area contributed by atoms with E-state index < -0.39 is 10.0 Å². The Labute approximate surface area is 108 Å². The lowest BCUT2D eigenvalue weighted by atomic mass is 10.7. The number of halogens is 1. The van der Waals surface area contributed by atoms with Gasteiger partial charge in [-0.3, -0.25) is 0 Å². The van der Waals surface area contributed by atoms with E-state index >= 15 is 0 Å². The van der Waals surface area contributed by atoms with Crippen LogP contribution in [0, 0.1) is 0 Å². The summed E-state index contributed by atoms with van der Waals surface area (Å²) in [5.74, 6) is 0. The van der Waals surface area contributed by atoms with Crippen molar-refractivity contribution in [2.24, 2.45) is 0 Å². The molecule has 0 saturated carbocycles. The molecule has 0 aliphatic carbocycles. The maximum absolute atomic E-state index is 12.1. The SMILES string of the molecule is CCOCCN(C)S(=O)(=O)c1sccc1Br. The van der Waals surface area contributed by atoms with E-state index in [4.69, 9.17) is 4.74 Å². The molecule has 1 heterocycles. The number of hydrogen-bond acceptors (Lipinski definition) is 4. The van der Waals surface area contributed by atoms with Gasteiger partial charge in [0.15, 0.2) is 0 Å². The van der Waals surface area contributed by atoms with Gasteiger partial charge in [0.05, 0.1) is 6.61 Å². The molecule has 0 spiro atoms. The Morgan fingerprint density at radius 1 is 1.56 bits per heavy atom. The summed E-state index contributed by atoms with van der Waals surface area (Å²) in [5, 5.41) is 1.74. The molecule has 7 heteroatoms. The van der Waals surface area contributed by atoms with Crippen LogP contribution in [0.3, 0.4) is 0 Å². The second kappa shape index (κ2) is 6.11. The summed E-state index contributed by atoms with van der Waals surface area (Å²) in [7, 11) is -1.83. The van der Waals surface area contributed by atoms with E-state index in [1.54, 1.807) is 18.5 Å². The van der Waals surface area contributed by atoms with E-state index in [0.29, 0.717) is 28.4 Å². The molecule has 0 fully saturated rings. The summed E-state index contributed by atoms with van der Waals surface area (Å²) >= 11 is 4.43. The van der Waals surface area contributed by atoms with Crippen molar-refractivity contribution in [3.63, 3.8) is 0 Å². The van der Waals surface area contributed by atoms with Crippen LogP contribution in [-0.2, 0) is 14.8 Å². The molecule has 0 radical (unpaired) electrons. The summed E-state index contributed by atoms with van der Waals surface area (Å²) in [6.45, 7) is 3.25. The number of thiophene rings is 1. The van der Waals surface area contributed by atoms with Crippen LogP contribution in [0.25, 0.3) is 0 Å². The van der Waals surface area contributed by atoms with Gasteiger partial charge in [-0.15, -0.1) is 11.3 Å². The maximum Gasteiger partial charge on any atom is 0.253 e. The van der Waals surface area contributed by atoms with Gasteiger partial charge in [-0.25, -0.2) is 8.42 Å². The fourth-order valence-corrected chi connectivity index (χ4v) is 4.72. The topological polar surface area (TPSA) is 46.6 Å². The highest BCUT2D eigenvalue weighted by atomic mass is 79.9. The molecule has 0 saturated heterocycles. The van der Waals surface area contributed by atoms with Gasteiger partial charge in [-0.05, 0) is 34.3 Å². The predicted molar refractivity (Wildman–Crippen MR) is 68.3 cm³/mol. The van der Waals surface area contributed by atoms with Gasteiger partial charge in [0.2, 0.25) is 0 Å². The molecule has 0 amide bonds. The average Bonchev–Trinajstić information content (AvgIpc) is 2.65. The number of nitrogens with zero attached hydrogens (tertiary/aromatic N) is 1. The van der Waals surface area contributed by atoms with E-state index in [9.17, 15) is 8.42 Å². The van der Waals surface area contributed by atoms with Crippen LogP contribution in [0.5, 0.6) is 0 Å². The Kier molecular flexibility index (Phi) is 5.39. The molecule has 16 heavy (non-hydrogen) atoms. The zero-order valence-electron chi connectivity index (χ0n) is 9.14. The number of ether oxygens (including phenoxy) is 1. The third-order valence-corrected chi connectivity index (χ3v) is 6.49. The Morgan fingerprint density at radius 2 is 2.25 bits per heavy atom. The quantitative estimate of drug-likeness (QED) is 0.752. The minimum Gasteiger partial charge on any atom is -0.380 e.